The SMILES string of the molecule is CN(C)C(=O)C1(N2Cc3cc(Cl)ccc3-n3c(nnc3C3CCN(c4cnccn4)CC3)C2)CC1. The van der Waals surface area contributed by atoms with Crippen molar-refractivity contribution < 1.29 is 4.79 Å². The molecule has 1 aromatic carbocycles. The second kappa shape index (κ2) is 8.57. The van der Waals surface area contributed by atoms with Crippen LogP contribution in [0.5, 0.6) is 0 Å². The zero-order valence-electron chi connectivity index (χ0n) is 20.1. The normalized spacial score (nSPS) is 19.6. The summed E-state index contributed by atoms with van der Waals surface area (Å²) in [6, 6.07) is 6.02. The van der Waals surface area contributed by atoms with Gasteiger partial charge in [0.25, 0.3) is 0 Å². The van der Waals surface area contributed by atoms with E-state index in [0.29, 0.717) is 18.1 Å². The molecular weight excluding hydrogens is 464 g/mol. The molecule has 35 heavy (non-hydrogen) atoms. The molecule has 0 N–H and O–H groups in total. The molecule has 1 aliphatic carbocycles. The summed E-state index contributed by atoms with van der Waals surface area (Å²) in [5.41, 5.74) is 1.70. The molecule has 1 saturated carbocycles. The Hall–Kier alpha value is -3.04. The lowest BCUT2D eigenvalue weighted by Crippen LogP contribution is -2.48. The molecule has 3 aromatic rings. The fraction of sp³-hybridized carbons (Fsp3) is 0.480. The van der Waals surface area contributed by atoms with E-state index in [4.69, 9.17) is 16.7 Å². The van der Waals surface area contributed by atoms with Gasteiger partial charge < -0.3 is 9.80 Å². The van der Waals surface area contributed by atoms with Crippen LogP contribution in [0.2, 0.25) is 5.02 Å². The number of hydrogen-bond acceptors (Lipinski definition) is 7. The number of nitrogens with zero attached hydrogens (tertiary/aromatic N) is 8. The van der Waals surface area contributed by atoms with E-state index in [1.54, 1.807) is 17.3 Å². The molecular formula is C25H29ClN8O. The monoisotopic (exact) mass is 492 g/mol. The molecule has 1 saturated heterocycles. The summed E-state index contributed by atoms with van der Waals surface area (Å²) in [7, 11) is 3.66. The molecule has 3 aliphatic rings. The van der Waals surface area contributed by atoms with Crippen LogP contribution in [0.15, 0.2) is 36.8 Å². The maximum absolute atomic E-state index is 13.1. The van der Waals surface area contributed by atoms with Gasteiger partial charge >= 0.3 is 0 Å². The van der Waals surface area contributed by atoms with Crippen molar-refractivity contribution in [3.63, 3.8) is 0 Å². The molecule has 0 radical (unpaired) electrons. The van der Waals surface area contributed by atoms with Crippen LogP contribution in [0.1, 0.15) is 48.8 Å². The summed E-state index contributed by atoms with van der Waals surface area (Å²) in [6.45, 7) is 3.03. The Bertz CT molecular complexity index is 1250. The molecule has 9 nitrogen and oxygen atoms in total. The molecule has 2 aromatic heterocycles. The predicted octanol–water partition coefficient (Wildman–Crippen LogP) is 3.03. The van der Waals surface area contributed by atoms with Gasteiger partial charge in [-0.25, -0.2) is 4.98 Å². The molecule has 2 fully saturated rings. The lowest BCUT2D eigenvalue weighted by atomic mass is 9.95. The Kier molecular flexibility index (Phi) is 5.49. The van der Waals surface area contributed by atoms with Gasteiger partial charge in [-0.15, -0.1) is 10.2 Å². The predicted molar refractivity (Wildman–Crippen MR) is 132 cm³/mol. The van der Waals surface area contributed by atoms with Crippen molar-refractivity contribution in [2.75, 3.05) is 32.1 Å². The van der Waals surface area contributed by atoms with Crippen LogP contribution in [0, 0.1) is 0 Å². The van der Waals surface area contributed by atoms with Crippen LogP contribution in [-0.4, -0.2) is 73.2 Å². The van der Waals surface area contributed by atoms with E-state index >= 15 is 0 Å². The quantitative estimate of drug-likeness (QED) is 0.553. The lowest BCUT2D eigenvalue weighted by Gasteiger charge is -2.32. The summed E-state index contributed by atoms with van der Waals surface area (Å²) in [5, 5.41) is 10.1. The highest BCUT2D eigenvalue weighted by Gasteiger charge is 2.56. The molecule has 182 valence electrons. The van der Waals surface area contributed by atoms with E-state index in [-0.39, 0.29) is 11.8 Å². The topological polar surface area (TPSA) is 83.3 Å². The molecule has 0 bridgehead atoms. The Morgan fingerprint density at radius 3 is 2.60 bits per heavy atom. The zero-order valence-corrected chi connectivity index (χ0v) is 20.8. The second-order valence-corrected chi connectivity index (χ2v) is 10.4. The Morgan fingerprint density at radius 2 is 1.91 bits per heavy atom. The van der Waals surface area contributed by atoms with Crippen molar-refractivity contribution in [1.29, 1.82) is 0 Å². The molecule has 0 spiro atoms. The number of carbonyl (C=O) groups excluding carboxylic acids is 1. The fourth-order valence-electron chi connectivity index (χ4n) is 5.61. The number of rotatable bonds is 4. The van der Waals surface area contributed by atoms with Crippen molar-refractivity contribution >= 4 is 23.3 Å². The van der Waals surface area contributed by atoms with Gasteiger partial charge in [-0.1, -0.05) is 11.6 Å². The van der Waals surface area contributed by atoms with E-state index in [0.717, 1.165) is 67.5 Å². The van der Waals surface area contributed by atoms with Crippen molar-refractivity contribution in [2.24, 2.45) is 0 Å². The average Bonchev–Trinajstić information content (AvgIpc) is 3.61. The Morgan fingerprint density at radius 1 is 1.11 bits per heavy atom. The number of anilines is 1. The van der Waals surface area contributed by atoms with Crippen LogP contribution in [0.3, 0.4) is 0 Å². The molecule has 2 aliphatic heterocycles. The van der Waals surface area contributed by atoms with E-state index in [2.05, 4.69) is 35.5 Å². The van der Waals surface area contributed by atoms with E-state index in [9.17, 15) is 4.79 Å². The fourth-order valence-corrected chi connectivity index (χ4v) is 5.81. The number of likely N-dealkylation sites (N-methyl/N-ethyl adjacent to an activating group) is 1. The Balaban J connectivity index is 1.33. The van der Waals surface area contributed by atoms with Crippen LogP contribution in [-0.2, 0) is 17.9 Å². The first-order chi connectivity index (χ1) is 17.0. The molecule has 4 heterocycles. The van der Waals surface area contributed by atoms with Crippen LogP contribution >= 0.6 is 11.6 Å². The molecule has 6 rings (SSSR count). The number of aromatic nitrogens is 5. The number of benzene rings is 1. The van der Waals surface area contributed by atoms with Crippen LogP contribution in [0.25, 0.3) is 5.69 Å². The van der Waals surface area contributed by atoms with Crippen molar-refractivity contribution in [2.45, 2.75) is 50.2 Å². The number of piperidine rings is 1. The van der Waals surface area contributed by atoms with Gasteiger partial charge in [0.2, 0.25) is 5.91 Å². The summed E-state index contributed by atoms with van der Waals surface area (Å²) in [4.78, 5) is 28.1. The third-order valence-electron chi connectivity index (χ3n) is 7.60. The smallest absolute Gasteiger partial charge is 0.242 e. The first-order valence-corrected chi connectivity index (χ1v) is 12.5. The third kappa shape index (κ3) is 3.87. The molecule has 1 amide bonds. The minimum Gasteiger partial charge on any atom is -0.355 e. The summed E-state index contributed by atoms with van der Waals surface area (Å²) in [6.07, 6.45) is 8.91. The van der Waals surface area contributed by atoms with E-state index < -0.39 is 5.54 Å². The number of halogens is 1. The standard InChI is InChI=1S/C25H29ClN8O/c1-31(2)24(35)25(7-8-25)33-15-18-13-19(26)3-4-20(18)34-22(16-33)29-30-23(34)17-5-11-32(12-6-17)21-14-27-9-10-28-21/h3-4,9-10,13-14,17H,5-8,11-12,15-16H2,1-2H3. The average molecular weight is 493 g/mol. The maximum atomic E-state index is 13.1. The first kappa shape index (κ1) is 22.4. The maximum Gasteiger partial charge on any atom is 0.242 e. The van der Waals surface area contributed by atoms with Gasteiger partial charge in [0, 0.05) is 57.1 Å². The van der Waals surface area contributed by atoms with Gasteiger partial charge in [0.1, 0.15) is 17.2 Å². The van der Waals surface area contributed by atoms with Gasteiger partial charge in [-0.2, -0.15) is 0 Å². The van der Waals surface area contributed by atoms with Crippen molar-refractivity contribution in [3.05, 3.63) is 59.0 Å². The number of carbonyl (C=O) groups is 1. The van der Waals surface area contributed by atoms with Gasteiger partial charge in [-0.3, -0.25) is 19.2 Å². The lowest BCUT2D eigenvalue weighted by molar-refractivity contribution is -0.136. The molecule has 10 heteroatoms. The summed E-state index contributed by atoms with van der Waals surface area (Å²) >= 11 is 6.43. The largest absolute Gasteiger partial charge is 0.355 e. The first-order valence-electron chi connectivity index (χ1n) is 12.2. The molecule has 0 atom stereocenters. The second-order valence-electron chi connectivity index (χ2n) is 10.00. The minimum atomic E-state index is -0.466. The third-order valence-corrected chi connectivity index (χ3v) is 7.83. The van der Waals surface area contributed by atoms with Gasteiger partial charge in [-0.05, 0) is 49.4 Å². The number of hydrogen-bond donors (Lipinski definition) is 0. The molecule has 0 unspecified atom stereocenters. The van der Waals surface area contributed by atoms with Crippen LogP contribution in [0.4, 0.5) is 5.82 Å². The summed E-state index contributed by atoms with van der Waals surface area (Å²) in [5.74, 6) is 3.24. The minimum absolute atomic E-state index is 0.158. The Labute approximate surface area is 209 Å². The van der Waals surface area contributed by atoms with Crippen LogP contribution < -0.4 is 4.90 Å². The van der Waals surface area contributed by atoms with E-state index in [1.807, 2.05) is 32.4 Å². The summed E-state index contributed by atoms with van der Waals surface area (Å²) < 4.78 is 2.23. The van der Waals surface area contributed by atoms with Crippen molar-refractivity contribution in [3.8, 4) is 5.69 Å². The van der Waals surface area contributed by atoms with Gasteiger partial charge in [0.05, 0.1) is 18.4 Å². The van der Waals surface area contributed by atoms with Gasteiger partial charge in [0.15, 0.2) is 5.82 Å². The highest BCUT2D eigenvalue weighted by atomic mass is 35.5. The van der Waals surface area contributed by atoms with E-state index in [1.165, 1.54) is 0 Å². The number of amides is 1. The number of fused-ring (bicyclic) bond motifs is 3. The highest BCUT2D eigenvalue weighted by molar-refractivity contribution is 6.30. The highest BCUT2D eigenvalue weighted by Crippen LogP contribution is 2.46. The zero-order chi connectivity index (χ0) is 24.2. The van der Waals surface area contributed by atoms with Crippen molar-refractivity contribution in [1.82, 2.24) is 34.5 Å².